The lowest BCUT2D eigenvalue weighted by atomic mass is 9.91. The lowest BCUT2D eigenvalue weighted by Crippen LogP contribution is -2.57. The molecular formula is C31H34N6O4S. The molecule has 0 unspecified atom stereocenters. The molecule has 218 valence electrons. The van der Waals surface area contributed by atoms with Gasteiger partial charge in [0.15, 0.2) is 12.1 Å². The van der Waals surface area contributed by atoms with E-state index < -0.39 is 9.84 Å². The molecule has 10 nitrogen and oxygen atoms in total. The zero-order valence-electron chi connectivity index (χ0n) is 24.5. The molecule has 3 aromatic heterocycles. The zero-order chi connectivity index (χ0) is 30.3. The van der Waals surface area contributed by atoms with Gasteiger partial charge in [-0.1, -0.05) is 5.92 Å². The molecule has 4 aromatic rings. The number of carbonyl (C=O) groups excluding carboxylic acids is 1. The first-order valence-corrected chi connectivity index (χ1v) is 15.7. The van der Waals surface area contributed by atoms with E-state index in [0.29, 0.717) is 46.3 Å². The highest BCUT2D eigenvalue weighted by Gasteiger charge is 2.38. The van der Waals surface area contributed by atoms with Gasteiger partial charge in [-0.05, 0) is 45.9 Å². The summed E-state index contributed by atoms with van der Waals surface area (Å²) in [5, 5.41) is 8.94. The Morgan fingerprint density at radius 1 is 1.21 bits per heavy atom. The van der Waals surface area contributed by atoms with Crippen LogP contribution in [0.1, 0.15) is 42.4 Å². The topological polar surface area (TPSA) is 119 Å². The number of aldehydes is 1. The first kappa shape index (κ1) is 29.1. The van der Waals surface area contributed by atoms with Crippen molar-refractivity contribution in [2.75, 3.05) is 35.9 Å². The Kier molecular flexibility index (Phi) is 7.68. The molecule has 0 bridgehead atoms. The second kappa shape index (κ2) is 11.1. The molecule has 5 rings (SSSR count). The molecule has 1 fully saturated rings. The van der Waals surface area contributed by atoms with E-state index >= 15 is 0 Å². The number of nitrogens with zero attached hydrogens (tertiary/aromatic N) is 5. The third-order valence-electron chi connectivity index (χ3n) is 7.59. The van der Waals surface area contributed by atoms with Gasteiger partial charge in [0.25, 0.3) is 0 Å². The minimum atomic E-state index is -3.07. The number of anilines is 2. The summed E-state index contributed by atoms with van der Waals surface area (Å²) in [6.45, 7) is 8.67. The quantitative estimate of drug-likeness (QED) is 0.226. The van der Waals surface area contributed by atoms with E-state index in [-0.39, 0.29) is 23.8 Å². The van der Waals surface area contributed by atoms with Crippen LogP contribution in [0.5, 0.6) is 5.75 Å². The molecule has 1 N–H and O–H groups in total. The summed E-state index contributed by atoms with van der Waals surface area (Å²) in [4.78, 5) is 23.6. The molecule has 1 saturated heterocycles. The first-order chi connectivity index (χ1) is 19.9. The number of carbonyl (C=O) groups is 1. The summed E-state index contributed by atoms with van der Waals surface area (Å²) in [6, 6.07) is 9.40. The highest BCUT2D eigenvalue weighted by molar-refractivity contribution is 7.90. The molecule has 1 aliphatic rings. The van der Waals surface area contributed by atoms with Crippen molar-refractivity contribution in [2.24, 2.45) is 5.92 Å². The molecule has 42 heavy (non-hydrogen) atoms. The highest BCUT2D eigenvalue weighted by atomic mass is 32.2. The number of rotatable bonds is 9. The van der Waals surface area contributed by atoms with Gasteiger partial charge < -0.3 is 15.0 Å². The fraction of sp³-hybridized carbons (Fsp3) is 0.355. The van der Waals surface area contributed by atoms with Crippen molar-refractivity contribution >= 4 is 38.5 Å². The Hall–Kier alpha value is -4.43. The van der Waals surface area contributed by atoms with E-state index in [4.69, 9.17) is 21.1 Å². The monoisotopic (exact) mass is 586 g/mol. The summed E-state index contributed by atoms with van der Waals surface area (Å²) >= 11 is 0. The third-order valence-corrected chi connectivity index (χ3v) is 8.63. The maximum absolute atomic E-state index is 11.9. The van der Waals surface area contributed by atoms with Crippen LogP contribution in [0.15, 0.2) is 36.5 Å². The predicted molar refractivity (Wildman–Crippen MR) is 165 cm³/mol. The molecule has 0 saturated carbocycles. The summed E-state index contributed by atoms with van der Waals surface area (Å²) in [5.41, 5.74) is 4.50. The van der Waals surface area contributed by atoms with E-state index in [9.17, 15) is 13.2 Å². The molecule has 1 aliphatic heterocycles. The van der Waals surface area contributed by atoms with Gasteiger partial charge in [-0.15, -0.1) is 6.42 Å². The number of methoxy groups -OCH3 is 1. The molecule has 4 heterocycles. The van der Waals surface area contributed by atoms with E-state index in [1.54, 1.807) is 30.1 Å². The molecule has 1 aromatic carbocycles. The number of aryl methyl sites for hydroxylation is 1. The van der Waals surface area contributed by atoms with E-state index in [1.165, 1.54) is 6.26 Å². The number of terminal acetylenes is 1. The lowest BCUT2D eigenvalue weighted by molar-refractivity contribution is 0.112. The van der Waals surface area contributed by atoms with Gasteiger partial charge in [-0.3, -0.25) is 9.78 Å². The number of sulfone groups is 1. The summed E-state index contributed by atoms with van der Waals surface area (Å²) < 4.78 is 31.2. The van der Waals surface area contributed by atoms with Crippen LogP contribution >= 0.6 is 0 Å². The lowest BCUT2D eigenvalue weighted by Gasteiger charge is -2.48. The smallest absolute Gasteiger partial charge is 0.158 e. The number of hydrogen-bond donors (Lipinski definition) is 1. The molecule has 0 amide bonds. The van der Waals surface area contributed by atoms with E-state index in [1.807, 2.05) is 45.9 Å². The van der Waals surface area contributed by atoms with Gasteiger partial charge in [-0.2, -0.15) is 5.10 Å². The van der Waals surface area contributed by atoms with Crippen LogP contribution in [0.3, 0.4) is 0 Å². The van der Waals surface area contributed by atoms with Crippen LogP contribution in [0.4, 0.5) is 11.5 Å². The van der Waals surface area contributed by atoms with Crippen LogP contribution in [0, 0.1) is 25.2 Å². The SMILES string of the molecule is C#Cc1cc(OC)c(-c2cc3c(cnn3-c3cc(N4C[C@H](CS(C)(=O)=O)[C@H]4C)cc(NC(C)C)n3)c(C)n2)cc1C=O. The molecule has 0 aliphatic carbocycles. The van der Waals surface area contributed by atoms with Gasteiger partial charge in [0.2, 0.25) is 0 Å². The molecule has 2 atom stereocenters. The minimum absolute atomic E-state index is 0.0553. The first-order valence-electron chi connectivity index (χ1n) is 13.6. The van der Waals surface area contributed by atoms with E-state index in [2.05, 4.69) is 21.2 Å². The number of fused-ring (bicyclic) bond motifs is 1. The van der Waals surface area contributed by atoms with Crippen LogP contribution in [-0.2, 0) is 9.84 Å². The fourth-order valence-corrected chi connectivity index (χ4v) is 6.60. The third kappa shape index (κ3) is 5.54. The number of aromatic nitrogens is 4. The van der Waals surface area contributed by atoms with Crippen LogP contribution < -0.4 is 15.0 Å². The van der Waals surface area contributed by atoms with Crippen molar-refractivity contribution in [2.45, 2.75) is 39.8 Å². The van der Waals surface area contributed by atoms with Crippen LogP contribution in [-0.4, -0.2) is 72.2 Å². The molecule has 11 heteroatoms. The Morgan fingerprint density at radius 3 is 2.60 bits per heavy atom. The predicted octanol–water partition coefficient (Wildman–Crippen LogP) is 4.28. The Bertz CT molecular complexity index is 1840. The highest BCUT2D eigenvalue weighted by Crippen LogP contribution is 2.36. The molecule has 0 radical (unpaired) electrons. The van der Waals surface area contributed by atoms with Crippen molar-refractivity contribution in [3.8, 4) is 35.2 Å². The Morgan fingerprint density at radius 2 is 1.98 bits per heavy atom. The maximum atomic E-state index is 11.9. The molecule has 0 spiro atoms. The van der Waals surface area contributed by atoms with Crippen molar-refractivity contribution in [1.82, 2.24) is 19.7 Å². The second-order valence-electron chi connectivity index (χ2n) is 11.1. The van der Waals surface area contributed by atoms with Crippen LogP contribution in [0.25, 0.3) is 28.0 Å². The van der Waals surface area contributed by atoms with Gasteiger partial charge in [-0.25, -0.2) is 18.1 Å². The fourth-order valence-electron chi connectivity index (χ4n) is 5.44. The van der Waals surface area contributed by atoms with Gasteiger partial charge in [0.1, 0.15) is 21.4 Å². The number of hydrogen-bond acceptors (Lipinski definition) is 9. The summed E-state index contributed by atoms with van der Waals surface area (Å²) in [6.07, 6.45) is 9.37. The van der Waals surface area contributed by atoms with Crippen molar-refractivity contribution in [3.63, 3.8) is 0 Å². The number of nitrogens with one attached hydrogen (secondary N) is 1. The minimum Gasteiger partial charge on any atom is -0.496 e. The van der Waals surface area contributed by atoms with Gasteiger partial charge >= 0.3 is 0 Å². The van der Waals surface area contributed by atoms with Crippen molar-refractivity contribution < 1.29 is 17.9 Å². The maximum Gasteiger partial charge on any atom is 0.158 e. The Balaban J connectivity index is 1.62. The van der Waals surface area contributed by atoms with Crippen LogP contribution in [0.2, 0.25) is 0 Å². The largest absolute Gasteiger partial charge is 0.496 e. The standard InChI is InChI=1S/C31H34N6O4S/c1-8-21-10-29(41-6)25(9-22(21)16-38)27-13-28-26(19(4)34-27)14-32-37(28)31-12-24(11-30(35-31)33-18(2)3)36-15-23(20(36)5)17-42(7,39)40/h1,9-14,16,18,20,23H,15,17H2,2-7H3,(H,33,35)/t20-,23-/m1/s1. The normalized spacial score (nSPS) is 16.8. The van der Waals surface area contributed by atoms with Crippen molar-refractivity contribution in [3.05, 3.63) is 53.3 Å². The number of ether oxygens (including phenoxy) is 1. The zero-order valence-corrected chi connectivity index (χ0v) is 25.4. The van der Waals surface area contributed by atoms with Crippen molar-refractivity contribution in [1.29, 1.82) is 0 Å². The van der Waals surface area contributed by atoms with Gasteiger partial charge in [0, 0.05) is 76.4 Å². The summed E-state index contributed by atoms with van der Waals surface area (Å²) in [7, 11) is -1.52. The molecular weight excluding hydrogens is 552 g/mol. The van der Waals surface area contributed by atoms with Gasteiger partial charge in [0.05, 0.1) is 30.3 Å². The average molecular weight is 587 g/mol. The number of pyridine rings is 2. The number of benzene rings is 1. The second-order valence-corrected chi connectivity index (χ2v) is 13.3. The summed E-state index contributed by atoms with van der Waals surface area (Å²) in [5.74, 6) is 4.55. The van der Waals surface area contributed by atoms with E-state index in [0.717, 1.165) is 28.6 Å². The Labute approximate surface area is 246 Å². The average Bonchev–Trinajstić information content (AvgIpc) is 3.37.